The summed E-state index contributed by atoms with van der Waals surface area (Å²) in [6.45, 7) is 0.571. The summed E-state index contributed by atoms with van der Waals surface area (Å²) in [5.41, 5.74) is 9.17. The number of hydrogen-bond acceptors (Lipinski definition) is 3. The third kappa shape index (κ3) is 3.75. The number of nitrogens with two attached hydrogens (primary N) is 1. The van der Waals surface area contributed by atoms with Crippen LogP contribution >= 0.6 is 0 Å². The van der Waals surface area contributed by atoms with Crippen LogP contribution in [0.15, 0.2) is 48.5 Å². The number of anilines is 2. The van der Waals surface area contributed by atoms with E-state index in [2.05, 4.69) is 0 Å². The molecule has 0 heterocycles. The summed E-state index contributed by atoms with van der Waals surface area (Å²) < 4.78 is 0. The highest BCUT2D eigenvalue weighted by Crippen LogP contribution is 2.15. The van der Waals surface area contributed by atoms with Crippen molar-refractivity contribution in [3.63, 3.8) is 0 Å². The van der Waals surface area contributed by atoms with Gasteiger partial charge in [0, 0.05) is 44.6 Å². The molecule has 0 aliphatic rings. The van der Waals surface area contributed by atoms with Gasteiger partial charge in [-0.15, -0.1) is 0 Å². The Morgan fingerprint density at radius 1 is 1.05 bits per heavy atom. The lowest BCUT2D eigenvalue weighted by Crippen LogP contribution is -2.26. The van der Waals surface area contributed by atoms with Gasteiger partial charge >= 0.3 is 0 Å². The molecule has 4 nitrogen and oxygen atoms in total. The van der Waals surface area contributed by atoms with E-state index in [1.807, 2.05) is 43.3 Å². The predicted octanol–water partition coefficient (Wildman–Crippen LogP) is 2.61. The monoisotopic (exact) mass is 283 g/mol. The number of carbonyl (C=O) groups is 1. The summed E-state index contributed by atoms with van der Waals surface area (Å²) in [7, 11) is 5.81. The topological polar surface area (TPSA) is 49.6 Å². The number of rotatable bonds is 4. The Hall–Kier alpha value is -2.49. The zero-order valence-electron chi connectivity index (χ0n) is 12.7. The van der Waals surface area contributed by atoms with Gasteiger partial charge in [-0.05, 0) is 35.9 Å². The summed E-state index contributed by atoms with van der Waals surface area (Å²) in [5.74, 6) is -0.0287. The first-order valence-electron chi connectivity index (χ1n) is 6.84. The first-order chi connectivity index (χ1) is 9.97. The quantitative estimate of drug-likeness (QED) is 0.878. The lowest BCUT2D eigenvalue weighted by atomic mass is 10.1. The highest BCUT2D eigenvalue weighted by molar-refractivity contribution is 5.94. The maximum atomic E-state index is 12.3. The minimum absolute atomic E-state index is 0.0287. The maximum absolute atomic E-state index is 12.3. The Balaban J connectivity index is 2.07. The molecule has 2 rings (SSSR count). The number of hydrogen-bond donors (Lipinski definition) is 1. The van der Waals surface area contributed by atoms with E-state index >= 15 is 0 Å². The zero-order valence-corrected chi connectivity index (χ0v) is 12.7. The smallest absolute Gasteiger partial charge is 0.253 e. The summed E-state index contributed by atoms with van der Waals surface area (Å²) in [5, 5.41) is 0. The fourth-order valence-corrected chi connectivity index (χ4v) is 2.14. The van der Waals surface area contributed by atoms with E-state index in [-0.39, 0.29) is 5.91 Å². The number of amides is 1. The van der Waals surface area contributed by atoms with Crippen molar-refractivity contribution in [3.05, 3.63) is 59.7 Å². The van der Waals surface area contributed by atoms with Crippen molar-refractivity contribution in [1.29, 1.82) is 0 Å². The normalized spacial score (nSPS) is 10.2. The van der Waals surface area contributed by atoms with Crippen LogP contribution < -0.4 is 10.6 Å². The van der Waals surface area contributed by atoms with Crippen LogP contribution in [0.4, 0.5) is 11.4 Å². The molecule has 0 saturated heterocycles. The fraction of sp³-hybridized carbons (Fsp3) is 0.235. The Kier molecular flexibility index (Phi) is 4.48. The van der Waals surface area contributed by atoms with Crippen LogP contribution in [0.25, 0.3) is 0 Å². The molecule has 0 atom stereocenters. The Morgan fingerprint density at radius 3 is 2.29 bits per heavy atom. The van der Waals surface area contributed by atoms with Crippen LogP contribution in [0.5, 0.6) is 0 Å². The van der Waals surface area contributed by atoms with Crippen molar-refractivity contribution in [2.45, 2.75) is 6.54 Å². The van der Waals surface area contributed by atoms with Crippen LogP contribution in [-0.4, -0.2) is 32.0 Å². The van der Waals surface area contributed by atoms with E-state index in [0.29, 0.717) is 17.8 Å². The second kappa shape index (κ2) is 6.31. The predicted molar refractivity (Wildman–Crippen MR) is 87.4 cm³/mol. The summed E-state index contributed by atoms with van der Waals surface area (Å²) in [6, 6.07) is 15.2. The molecule has 0 spiro atoms. The number of nitrogen functional groups attached to an aromatic ring is 1. The van der Waals surface area contributed by atoms with Gasteiger partial charge < -0.3 is 15.5 Å². The van der Waals surface area contributed by atoms with Gasteiger partial charge in [-0.2, -0.15) is 0 Å². The van der Waals surface area contributed by atoms with Gasteiger partial charge in [0.2, 0.25) is 0 Å². The van der Waals surface area contributed by atoms with E-state index in [0.717, 1.165) is 11.3 Å². The van der Waals surface area contributed by atoms with Gasteiger partial charge in [-0.25, -0.2) is 0 Å². The third-order valence-corrected chi connectivity index (χ3v) is 3.35. The van der Waals surface area contributed by atoms with Crippen LogP contribution in [0.1, 0.15) is 15.9 Å². The molecule has 0 saturated carbocycles. The Labute approximate surface area is 125 Å². The number of nitrogens with zero attached hydrogens (tertiary/aromatic N) is 2. The van der Waals surface area contributed by atoms with E-state index < -0.39 is 0 Å². The Morgan fingerprint density at radius 2 is 1.71 bits per heavy atom. The molecule has 0 bridgehead atoms. The molecule has 0 aromatic heterocycles. The van der Waals surface area contributed by atoms with Gasteiger partial charge in [0.15, 0.2) is 0 Å². The van der Waals surface area contributed by atoms with Gasteiger partial charge in [0.25, 0.3) is 5.91 Å². The average molecular weight is 283 g/mol. The van der Waals surface area contributed by atoms with Crippen molar-refractivity contribution in [3.8, 4) is 0 Å². The minimum Gasteiger partial charge on any atom is -0.399 e. The lowest BCUT2D eigenvalue weighted by molar-refractivity contribution is 0.0785. The second-order valence-electron chi connectivity index (χ2n) is 5.35. The van der Waals surface area contributed by atoms with Crippen molar-refractivity contribution in [1.82, 2.24) is 4.90 Å². The molecule has 0 aliphatic carbocycles. The molecule has 21 heavy (non-hydrogen) atoms. The largest absolute Gasteiger partial charge is 0.399 e. The molecule has 0 aliphatic heterocycles. The van der Waals surface area contributed by atoms with Crippen molar-refractivity contribution in [2.24, 2.45) is 0 Å². The highest BCUT2D eigenvalue weighted by atomic mass is 16.2. The van der Waals surface area contributed by atoms with Crippen LogP contribution in [0.2, 0.25) is 0 Å². The van der Waals surface area contributed by atoms with Gasteiger partial charge in [-0.3, -0.25) is 4.79 Å². The summed E-state index contributed by atoms with van der Waals surface area (Å²) in [4.78, 5) is 16.1. The van der Waals surface area contributed by atoms with Gasteiger partial charge in [0.1, 0.15) is 0 Å². The third-order valence-electron chi connectivity index (χ3n) is 3.35. The standard InChI is InChI=1S/C17H21N3O/c1-19(2)16-9-7-13(8-10-16)12-20(3)17(21)14-5-4-6-15(18)11-14/h4-11H,12,18H2,1-3H3. The van der Waals surface area contributed by atoms with Gasteiger partial charge in [-0.1, -0.05) is 18.2 Å². The zero-order chi connectivity index (χ0) is 15.4. The molecule has 4 heteroatoms. The van der Waals surface area contributed by atoms with Crippen molar-refractivity contribution >= 4 is 17.3 Å². The molecule has 0 fully saturated rings. The molecular weight excluding hydrogens is 262 g/mol. The summed E-state index contributed by atoms with van der Waals surface area (Å²) >= 11 is 0. The average Bonchev–Trinajstić information content (AvgIpc) is 2.47. The molecule has 2 N–H and O–H groups in total. The summed E-state index contributed by atoms with van der Waals surface area (Å²) in [6.07, 6.45) is 0. The first-order valence-corrected chi connectivity index (χ1v) is 6.84. The van der Waals surface area contributed by atoms with E-state index in [9.17, 15) is 4.79 Å². The molecule has 110 valence electrons. The number of carbonyl (C=O) groups excluding carboxylic acids is 1. The molecule has 0 unspecified atom stereocenters. The van der Waals surface area contributed by atoms with Crippen LogP contribution in [0.3, 0.4) is 0 Å². The SMILES string of the molecule is CN(Cc1ccc(N(C)C)cc1)C(=O)c1cccc(N)c1. The molecule has 0 radical (unpaired) electrons. The minimum atomic E-state index is -0.0287. The van der Waals surface area contributed by atoms with Crippen LogP contribution in [0, 0.1) is 0 Å². The van der Waals surface area contributed by atoms with Crippen molar-refractivity contribution < 1.29 is 4.79 Å². The van der Waals surface area contributed by atoms with E-state index in [1.54, 1.807) is 36.2 Å². The number of benzene rings is 2. The van der Waals surface area contributed by atoms with Gasteiger partial charge in [0.05, 0.1) is 0 Å². The second-order valence-corrected chi connectivity index (χ2v) is 5.35. The molecular formula is C17H21N3O. The van der Waals surface area contributed by atoms with E-state index in [4.69, 9.17) is 5.73 Å². The maximum Gasteiger partial charge on any atom is 0.253 e. The first kappa shape index (κ1) is 14.9. The highest BCUT2D eigenvalue weighted by Gasteiger charge is 2.12. The van der Waals surface area contributed by atoms with Crippen LogP contribution in [-0.2, 0) is 6.54 Å². The molecule has 2 aromatic carbocycles. The fourth-order valence-electron chi connectivity index (χ4n) is 2.14. The molecule has 2 aromatic rings. The lowest BCUT2D eigenvalue weighted by Gasteiger charge is -2.18. The molecule has 1 amide bonds. The van der Waals surface area contributed by atoms with E-state index in [1.165, 1.54) is 0 Å². The Bertz CT molecular complexity index is 620. The van der Waals surface area contributed by atoms with Crippen molar-refractivity contribution in [2.75, 3.05) is 31.8 Å².